The van der Waals surface area contributed by atoms with E-state index in [1.165, 1.54) is 0 Å². The molecule has 0 aliphatic heterocycles. The predicted molar refractivity (Wildman–Crippen MR) is 91.0 cm³/mol. The van der Waals surface area contributed by atoms with Crippen molar-refractivity contribution >= 4 is 26.8 Å². The molecule has 1 N–H and O–H groups in total. The molecule has 1 aromatic heterocycles. The summed E-state index contributed by atoms with van der Waals surface area (Å²) in [4.78, 5) is 16.5. The topological polar surface area (TPSA) is 81.1 Å². The molecule has 126 valence electrons. The third-order valence-corrected chi connectivity index (χ3v) is 4.88. The second-order valence-corrected chi connectivity index (χ2v) is 8.30. The molecule has 0 spiro atoms. The first-order valence-electron chi connectivity index (χ1n) is 7.55. The molecule has 0 bridgehead atoms. The van der Waals surface area contributed by atoms with Gasteiger partial charge < -0.3 is 9.88 Å². The first-order valence-corrected chi connectivity index (χ1v) is 9.61. The third-order valence-electron chi connectivity index (χ3n) is 3.78. The molecule has 6 nitrogen and oxygen atoms in total. The highest BCUT2D eigenvalue weighted by Gasteiger charge is 2.18. The number of rotatable bonds is 6. The van der Waals surface area contributed by atoms with Crippen molar-refractivity contribution in [3.8, 4) is 0 Å². The molecule has 0 aliphatic carbocycles. The lowest BCUT2D eigenvalue weighted by Gasteiger charge is -2.11. The van der Waals surface area contributed by atoms with Crippen LogP contribution in [0.25, 0.3) is 11.0 Å². The summed E-state index contributed by atoms with van der Waals surface area (Å²) >= 11 is 0. The van der Waals surface area contributed by atoms with Crippen molar-refractivity contribution in [3.63, 3.8) is 0 Å². The van der Waals surface area contributed by atoms with E-state index in [-0.39, 0.29) is 11.7 Å². The van der Waals surface area contributed by atoms with Gasteiger partial charge in [-0.2, -0.15) is 0 Å². The molecule has 0 aliphatic rings. The lowest BCUT2D eigenvalue weighted by molar-refractivity contribution is -0.123. The van der Waals surface area contributed by atoms with Gasteiger partial charge in [0.25, 0.3) is 0 Å². The molecule has 23 heavy (non-hydrogen) atoms. The van der Waals surface area contributed by atoms with E-state index in [9.17, 15) is 13.2 Å². The van der Waals surface area contributed by atoms with Crippen LogP contribution in [0.4, 0.5) is 0 Å². The fourth-order valence-electron chi connectivity index (χ4n) is 2.58. The van der Waals surface area contributed by atoms with Crippen LogP contribution in [0.15, 0.2) is 18.2 Å². The number of nitrogens with one attached hydrogen (secondary N) is 1. The van der Waals surface area contributed by atoms with Gasteiger partial charge >= 0.3 is 0 Å². The number of aromatic nitrogens is 2. The number of nitrogens with zero attached hydrogens (tertiary/aromatic N) is 2. The molecule has 7 heteroatoms. The predicted octanol–water partition coefficient (Wildman–Crippen LogP) is 1.22. The number of sulfone groups is 1. The molecular formula is C16H23N3O3S. The number of hydrogen-bond acceptors (Lipinski definition) is 4. The van der Waals surface area contributed by atoms with Gasteiger partial charge in [-0.25, -0.2) is 13.4 Å². The number of imidazole rings is 1. The Hall–Kier alpha value is -1.89. The second-order valence-electron chi connectivity index (χ2n) is 6.11. The van der Waals surface area contributed by atoms with Gasteiger partial charge in [-0.15, -0.1) is 0 Å². The second kappa shape index (κ2) is 6.70. The minimum Gasteiger partial charge on any atom is -0.355 e. The van der Waals surface area contributed by atoms with Gasteiger partial charge in [0.2, 0.25) is 5.91 Å². The van der Waals surface area contributed by atoms with E-state index in [1.807, 2.05) is 36.7 Å². The summed E-state index contributed by atoms with van der Waals surface area (Å²) in [7, 11) is -1.20. The zero-order chi connectivity index (χ0) is 17.2. The molecule has 1 amide bonds. The Morgan fingerprint density at radius 2 is 2.09 bits per heavy atom. The van der Waals surface area contributed by atoms with Gasteiger partial charge in [-0.1, -0.05) is 13.0 Å². The lowest BCUT2D eigenvalue weighted by Crippen LogP contribution is -2.34. The van der Waals surface area contributed by atoms with Gasteiger partial charge in [-0.3, -0.25) is 4.79 Å². The van der Waals surface area contributed by atoms with Gasteiger partial charge in [0, 0.05) is 32.2 Å². The van der Waals surface area contributed by atoms with Crippen molar-refractivity contribution in [2.75, 3.05) is 18.6 Å². The van der Waals surface area contributed by atoms with Gasteiger partial charge in [0.15, 0.2) is 0 Å². The van der Waals surface area contributed by atoms with Crippen LogP contribution in [0.3, 0.4) is 0 Å². The van der Waals surface area contributed by atoms with Gasteiger partial charge in [0.05, 0.1) is 16.8 Å². The average molecular weight is 337 g/mol. The summed E-state index contributed by atoms with van der Waals surface area (Å²) in [5.41, 5.74) is 3.16. The maximum absolute atomic E-state index is 11.9. The number of benzene rings is 1. The maximum atomic E-state index is 11.9. The van der Waals surface area contributed by atoms with E-state index in [1.54, 1.807) is 6.92 Å². The van der Waals surface area contributed by atoms with Crippen LogP contribution >= 0.6 is 0 Å². The number of amides is 1. The SMILES string of the molecule is Cc1ccc2c(c1)nc(CCNC(=O)C(C)CS(C)(=O)=O)n2C. The van der Waals surface area contributed by atoms with E-state index in [2.05, 4.69) is 10.3 Å². The molecule has 0 fully saturated rings. The monoisotopic (exact) mass is 337 g/mol. The normalized spacial score (nSPS) is 13.2. The minimum atomic E-state index is -3.15. The van der Waals surface area contributed by atoms with Crippen LogP contribution in [0.2, 0.25) is 0 Å². The number of carbonyl (C=O) groups is 1. The molecule has 1 heterocycles. The Morgan fingerprint density at radius 1 is 1.39 bits per heavy atom. The van der Waals surface area contributed by atoms with Crippen molar-refractivity contribution in [2.45, 2.75) is 20.3 Å². The average Bonchev–Trinajstić information content (AvgIpc) is 2.73. The summed E-state index contributed by atoms with van der Waals surface area (Å²) in [5.74, 6) is -0.0375. The van der Waals surface area contributed by atoms with Crippen LogP contribution in [0.1, 0.15) is 18.3 Å². The highest BCUT2D eigenvalue weighted by Crippen LogP contribution is 2.16. The Morgan fingerprint density at radius 3 is 2.74 bits per heavy atom. The van der Waals surface area contributed by atoms with Crippen molar-refractivity contribution < 1.29 is 13.2 Å². The molecule has 2 rings (SSSR count). The van der Waals surface area contributed by atoms with E-state index >= 15 is 0 Å². The molecule has 0 saturated heterocycles. The number of fused-ring (bicyclic) bond motifs is 1. The Balaban J connectivity index is 1.96. The first kappa shape index (κ1) is 17.5. The quantitative estimate of drug-likeness (QED) is 0.859. The Kier molecular flexibility index (Phi) is 5.09. The highest BCUT2D eigenvalue weighted by molar-refractivity contribution is 7.90. The standard InChI is InChI=1S/C16H23N3O3S/c1-11-5-6-14-13(9-11)18-15(19(14)3)7-8-17-16(20)12(2)10-23(4,21)22/h5-6,9,12H,7-8,10H2,1-4H3,(H,17,20). The summed E-state index contributed by atoms with van der Waals surface area (Å²) < 4.78 is 24.5. The lowest BCUT2D eigenvalue weighted by atomic mass is 10.2. The van der Waals surface area contributed by atoms with E-state index < -0.39 is 15.8 Å². The summed E-state index contributed by atoms with van der Waals surface area (Å²) in [6.45, 7) is 4.08. The largest absolute Gasteiger partial charge is 0.355 e. The summed E-state index contributed by atoms with van der Waals surface area (Å²) in [6, 6.07) is 6.11. The molecule has 1 atom stereocenters. The van der Waals surface area contributed by atoms with Gasteiger partial charge in [0.1, 0.15) is 15.7 Å². The number of hydrogen-bond donors (Lipinski definition) is 1. The fraction of sp³-hybridized carbons (Fsp3) is 0.500. The molecule has 1 aromatic carbocycles. The molecule has 0 radical (unpaired) electrons. The van der Waals surface area contributed by atoms with Crippen molar-refractivity contribution in [2.24, 2.45) is 13.0 Å². The van der Waals surface area contributed by atoms with Crippen LogP contribution in [-0.4, -0.2) is 42.4 Å². The first-order chi connectivity index (χ1) is 10.7. The number of carbonyl (C=O) groups excluding carboxylic acids is 1. The maximum Gasteiger partial charge on any atom is 0.223 e. The van der Waals surface area contributed by atoms with Crippen molar-refractivity contribution in [3.05, 3.63) is 29.6 Å². The van der Waals surface area contributed by atoms with Crippen LogP contribution < -0.4 is 5.32 Å². The molecule has 2 aromatic rings. The van der Waals surface area contributed by atoms with E-state index in [0.29, 0.717) is 13.0 Å². The zero-order valence-corrected chi connectivity index (χ0v) is 14.8. The molecule has 1 unspecified atom stereocenters. The smallest absolute Gasteiger partial charge is 0.223 e. The Labute approximate surface area is 136 Å². The zero-order valence-electron chi connectivity index (χ0n) is 14.0. The summed E-state index contributed by atoms with van der Waals surface area (Å²) in [5, 5.41) is 2.78. The fourth-order valence-corrected chi connectivity index (χ4v) is 3.64. The van der Waals surface area contributed by atoms with Gasteiger partial charge in [-0.05, 0) is 24.6 Å². The summed E-state index contributed by atoms with van der Waals surface area (Å²) in [6.07, 6.45) is 1.74. The van der Waals surface area contributed by atoms with Crippen LogP contribution in [0.5, 0.6) is 0 Å². The Bertz CT molecular complexity index is 824. The van der Waals surface area contributed by atoms with E-state index in [4.69, 9.17) is 0 Å². The minimum absolute atomic E-state index is 0.135. The molecule has 0 saturated carbocycles. The highest BCUT2D eigenvalue weighted by atomic mass is 32.2. The van der Waals surface area contributed by atoms with Crippen molar-refractivity contribution in [1.29, 1.82) is 0 Å². The number of aryl methyl sites for hydroxylation is 2. The van der Waals surface area contributed by atoms with Crippen LogP contribution in [-0.2, 0) is 28.1 Å². The third kappa shape index (κ3) is 4.54. The van der Waals surface area contributed by atoms with Crippen LogP contribution in [0, 0.1) is 12.8 Å². The van der Waals surface area contributed by atoms with Crippen molar-refractivity contribution in [1.82, 2.24) is 14.9 Å². The molecular weight excluding hydrogens is 314 g/mol. The van der Waals surface area contributed by atoms with E-state index in [0.717, 1.165) is 28.7 Å².